The SMILES string of the molecule is CCOCC(=O)Nc1ccc(S(=O)(=O)NC2CC2)cc1. The zero-order valence-corrected chi connectivity index (χ0v) is 12.1. The predicted molar refractivity (Wildman–Crippen MR) is 74.9 cm³/mol. The Bertz CT molecular complexity index is 565. The third kappa shape index (κ3) is 4.29. The third-order valence-corrected chi connectivity index (χ3v) is 4.32. The maximum atomic E-state index is 11.9. The first kappa shape index (κ1) is 15.0. The van der Waals surface area contributed by atoms with Crippen molar-refractivity contribution < 1.29 is 17.9 Å². The van der Waals surface area contributed by atoms with Crippen LogP contribution in [-0.2, 0) is 19.6 Å². The standard InChI is InChI=1S/C13H18N2O4S/c1-2-19-9-13(16)14-10-5-7-12(8-6-10)20(17,18)15-11-3-4-11/h5-8,11,15H,2-4,9H2,1H3,(H,14,16). The van der Waals surface area contributed by atoms with Gasteiger partial charge >= 0.3 is 0 Å². The van der Waals surface area contributed by atoms with Gasteiger partial charge in [-0.2, -0.15) is 0 Å². The maximum absolute atomic E-state index is 11.9. The largest absolute Gasteiger partial charge is 0.372 e. The Hall–Kier alpha value is -1.44. The van der Waals surface area contributed by atoms with Gasteiger partial charge in [0.25, 0.3) is 0 Å². The first-order chi connectivity index (χ1) is 9.51. The van der Waals surface area contributed by atoms with E-state index in [9.17, 15) is 13.2 Å². The number of anilines is 1. The Morgan fingerprint density at radius 1 is 1.30 bits per heavy atom. The van der Waals surface area contributed by atoms with Crippen molar-refractivity contribution in [3.05, 3.63) is 24.3 Å². The minimum Gasteiger partial charge on any atom is -0.372 e. The number of carbonyl (C=O) groups is 1. The average molecular weight is 298 g/mol. The highest BCUT2D eigenvalue weighted by Gasteiger charge is 2.27. The van der Waals surface area contributed by atoms with E-state index in [4.69, 9.17) is 4.74 Å². The van der Waals surface area contributed by atoms with Crippen LogP contribution in [0.2, 0.25) is 0 Å². The lowest BCUT2D eigenvalue weighted by Crippen LogP contribution is -2.25. The molecule has 0 bridgehead atoms. The van der Waals surface area contributed by atoms with Gasteiger partial charge in [-0.1, -0.05) is 0 Å². The number of rotatable bonds is 7. The second kappa shape index (κ2) is 6.34. The Balaban J connectivity index is 1.97. The first-order valence-electron chi connectivity index (χ1n) is 6.51. The van der Waals surface area contributed by atoms with E-state index < -0.39 is 10.0 Å². The molecule has 0 atom stereocenters. The quantitative estimate of drug-likeness (QED) is 0.789. The fourth-order valence-electron chi connectivity index (χ4n) is 1.60. The predicted octanol–water partition coefficient (Wildman–Crippen LogP) is 1.10. The van der Waals surface area contributed by atoms with Gasteiger partial charge in [-0.15, -0.1) is 0 Å². The second-order valence-electron chi connectivity index (χ2n) is 4.61. The van der Waals surface area contributed by atoms with Crippen molar-refractivity contribution in [2.24, 2.45) is 0 Å². The summed E-state index contributed by atoms with van der Waals surface area (Å²) in [7, 11) is -3.44. The number of amides is 1. The number of hydrogen-bond acceptors (Lipinski definition) is 4. The minimum absolute atomic E-state index is 0.0141. The summed E-state index contributed by atoms with van der Waals surface area (Å²) in [5, 5.41) is 2.63. The van der Waals surface area contributed by atoms with E-state index >= 15 is 0 Å². The summed E-state index contributed by atoms with van der Waals surface area (Å²) in [5.41, 5.74) is 0.542. The molecule has 1 fully saturated rings. The van der Waals surface area contributed by atoms with E-state index in [0.717, 1.165) is 12.8 Å². The maximum Gasteiger partial charge on any atom is 0.250 e. The van der Waals surface area contributed by atoms with Gasteiger partial charge in [-0.25, -0.2) is 13.1 Å². The molecule has 0 spiro atoms. The molecule has 1 amide bonds. The molecule has 1 aliphatic carbocycles. The topological polar surface area (TPSA) is 84.5 Å². The van der Waals surface area contributed by atoms with Crippen LogP contribution >= 0.6 is 0 Å². The van der Waals surface area contributed by atoms with Crippen molar-refractivity contribution in [2.45, 2.75) is 30.7 Å². The number of ether oxygens (including phenoxy) is 1. The molecule has 0 aromatic heterocycles. The van der Waals surface area contributed by atoms with E-state index in [1.165, 1.54) is 12.1 Å². The summed E-state index contributed by atoms with van der Waals surface area (Å²) in [6, 6.07) is 6.14. The van der Waals surface area contributed by atoms with E-state index in [-0.39, 0.29) is 23.5 Å². The minimum atomic E-state index is -3.44. The lowest BCUT2D eigenvalue weighted by atomic mass is 10.3. The molecule has 110 valence electrons. The molecule has 2 N–H and O–H groups in total. The van der Waals surface area contributed by atoms with Crippen molar-refractivity contribution in [1.29, 1.82) is 0 Å². The summed E-state index contributed by atoms with van der Waals surface area (Å²) in [4.78, 5) is 11.6. The number of hydrogen-bond donors (Lipinski definition) is 2. The van der Waals surface area contributed by atoms with Crippen molar-refractivity contribution >= 4 is 21.6 Å². The van der Waals surface area contributed by atoms with Gasteiger partial charge in [-0.05, 0) is 44.0 Å². The molecule has 0 radical (unpaired) electrons. The Morgan fingerprint density at radius 2 is 1.95 bits per heavy atom. The summed E-state index contributed by atoms with van der Waals surface area (Å²) >= 11 is 0. The Kier molecular flexibility index (Phi) is 4.74. The molecule has 0 heterocycles. The Labute approximate surface area is 118 Å². The fraction of sp³-hybridized carbons (Fsp3) is 0.462. The van der Waals surface area contributed by atoms with E-state index in [2.05, 4.69) is 10.0 Å². The van der Waals surface area contributed by atoms with Crippen LogP contribution in [0.5, 0.6) is 0 Å². The van der Waals surface area contributed by atoms with Gasteiger partial charge in [-0.3, -0.25) is 4.79 Å². The van der Waals surface area contributed by atoms with E-state index in [1.807, 2.05) is 0 Å². The van der Waals surface area contributed by atoms with Crippen LogP contribution < -0.4 is 10.0 Å². The number of nitrogens with one attached hydrogen (secondary N) is 2. The van der Waals surface area contributed by atoms with Gasteiger partial charge < -0.3 is 10.1 Å². The molecule has 1 aromatic rings. The molecular formula is C13H18N2O4S. The highest BCUT2D eigenvalue weighted by molar-refractivity contribution is 7.89. The van der Waals surface area contributed by atoms with Crippen LogP contribution in [0, 0.1) is 0 Å². The highest BCUT2D eigenvalue weighted by Crippen LogP contribution is 2.22. The van der Waals surface area contributed by atoms with Gasteiger partial charge in [0, 0.05) is 18.3 Å². The fourth-order valence-corrected chi connectivity index (χ4v) is 2.90. The second-order valence-corrected chi connectivity index (χ2v) is 6.32. The average Bonchev–Trinajstić information content (AvgIpc) is 3.20. The van der Waals surface area contributed by atoms with Crippen LogP contribution in [0.15, 0.2) is 29.2 Å². The summed E-state index contributed by atoms with van der Waals surface area (Å²) < 4.78 is 31.5. The summed E-state index contributed by atoms with van der Waals surface area (Å²) in [5.74, 6) is -0.265. The van der Waals surface area contributed by atoms with Crippen LogP contribution in [0.4, 0.5) is 5.69 Å². The van der Waals surface area contributed by atoms with Crippen molar-refractivity contribution in [3.63, 3.8) is 0 Å². The monoisotopic (exact) mass is 298 g/mol. The van der Waals surface area contributed by atoms with Crippen molar-refractivity contribution in [2.75, 3.05) is 18.5 Å². The van der Waals surface area contributed by atoms with E-state index in [0.29, 0.717) is 12.3 Å². The summed E-state index contributed by atoms with van der Waals surface area (Å²) in [6.07, 6.45) is 1.79. The van der Waals surface area contributed by atoms with E-state index in [1.54, 1.807) is 19.1 Å². The molecule has 6 nitrogen and oxygen atoms in total. The van der Waals surface area contributed by atoms with Gasteiger partial charge in [0.2, 0.25) is 15.9 Å². The molecule has 0 aliphatic heterocycles. The molecule has 20 heavy (non-hydrogen) atoms. The molecule has 2 rings (SSSR count). The van der Waals surface area contributed by atoms with Gasteiger partial charge in [0.1, 0.15) is 6.61 Å². The zero-order valence-electron chi connectivity index (χ0n) is 11.3. The van der Waals surface area contributed by atoms with Crippen LogP contribution in [0.1, 0.15) is 19.8 Å². The molecule has 1 aliphatic rings. The first-order valence-corrected chi connectivity index (χ1v) is 7.99. The van der Waals surface area contributed by atoms with Crippen molar-refractivity contribution in [3.8, 4) is 0 Å². The molecule has 0 saturated heterocycles. The zero-order chi connectivity index (χ0) is 14.6. The van der Waals surface area contributed by atoms with Crippen LogP contribution in [-0.4, -0.2) is 33.6 Å². The Morgan fingerprint density at radius 3 is 2.50 bits per heavy atom. The number of carbonyl (C=O) groups excluding carboxylic acids is 1. The lowest BCUT2D eigenvalue weighted by Gasteiger charge is -2.08. The lowest BCUT2D eigenvalue weighted by molar-refractivity contribution is -0.120. The molecule has 1 saturated carbocycles. The molecule has 1 aromatic carbocycles. The third-order valence-electron chi connectivity index (χ3n) is 2.78. The van der Waals surface area contributed by atoms with Gasteiger partial charge in [0.15, 0.2) is 0 Å². The number of sulfonamides is 1. The highest BCUT2D eigenvalue weighted by atomic mass is 32.2. The molecule has 7 heteroatoms. The molecule has 0 unspecified atom stereocenters. The van der Waals surface area contributed by atoms with Crippen LogP contribution in [0.3, 0.4) is 0 Å². The van der Waals surface area contributed by atoms with Gasteiger partial charge in [0.05, 0.1) is 4.90 Å². The van der Waals surface area contributed by atoms with Crippen LogP contribution in [0.25, 0.3) is 0 Å². The molecular weight excluding hydrogens is 280 g/mol. The normalized spacial score (nSPS) is 15.1. The summed E-state index contributed by atoms with van der Waals surface area (Å²) in [6.45, 7) is 2.26. The number of benzene rings is 1. The van der Waals surface area contributed by atoms with Crippen molar-refractivity contribution in [1.82, 2.24) is 4.72 Å². The smallest absolute Gasteiger partial charge is 0.250 e.